The van der Waals surface area contributed by atoms with Gasteiger partial charge in [-0.05, 0) is 29.3 Å². The number of guanidine groups is 1. The van der Waals surface area contributed by atoms with Crippen LogP contribution in [0, 0.1) is 0 Å². The fourth-order valence-electron chi connectivity index (χ4n) is 2.14. The maximum Gasteiger partial charge on any atom is 0.193 e. The van der Waals surface area contributed by atoms with Crippen LogP contribution in [0.5, 0.6) is 0 Å². The van der Waals surface area contributed by atoms with Gasteiger partial charge in [-0.15, -0.1) is 46.7 Å². The smallest absolute Gasteiger partial charge is 0.193 e. The first-order chi connectivity index (χ1) is 10.2. The molecule has 2 heterocycles. The van der Waals surface area contributed by atoms with Crippen LogP contribution in [0.2, 0.25) is 0 Å². The average Bonchev–Trinajstić information content (AvgIpc) is 3.18. The molecular formula is C16H24IN3S2. The third-order valence-electron chi connectivity index (χ3n) is 3.44. The summed E-state index contributed by atoms with van der Waals surface area (Å²) >= 11 is 3.63. The summed E-state index contributed by atoms with van der Waals surface area (Å²) < 4.78 is 0. The van der Waals surface area contributed by atoms with E-state index in [4.69, 9.17) is 0 Å². The molecule has 0 aliphatic carbocycles. The zero-order valence-electron chi connectivity index (χ0n) is 13.3. The first kappa shape index (κ1) is 19.4. The molecule has 0 aliphatic heterocycles. The van der Waals surface area contributed by atoms with Gasteiger partial charge in [0, 0.05) is 42.9 Å². The van der Waals surface area contributed by atoms with Crippen LogP contribution >= 0.6 is 46.7 Å². The van der Waals surface area contributed by atoms with E-state index in [-0.39, 0.29) is 24.0 Å². The molecule has 1 N–H and O–H groups in total. The van der Waals surface area contributed by atoms with E-state index in [0.29, 0.717) is 5.92 Å². The first-order valence-corrected chi connectivity index (χ1v) is 8.94. The normalized spacial score (nSPS) is 12.6. The van der Waals surface area contributed by atoms with Gasteiger partial charge in [-0.25, -0.2) is 0 Å². The second-order valence-electron chi connectivity index (χ2n) is 5.10. The Hall–Kier alpha value is -0.600. The Kier molecular flexibility index (Phi) is 9.04. The third kappa shape index (κ3) is 5.89. The minimum Gasteiger partial charge on any atom is -0.356 e. The molecule has 0 aliphatic rings. The van der Waals surface area contributed by atoms with Gasteiger partial charge < -0.3 is 10.2 Å². The van der Waals surface area contributed by atoms with E-state index < -0.39 is 0 Å². The lowest BCUT2D eigenvalue weighted by atomic mass is 10.1. The zero-order valence-corrected chi connectivity index (χ0v) is 17.2. The molecule has 0 saturated heterocycles. The molecule has 0 bridgehead atoms. The van der Waals surface area contributed by atoms with Gasteiger partial charge in [-0.1, -0.05) is 19.1 Å². The maximum atomic E-state index is 4.38. The molecule has 2 aromatic rings. The minimum absolute atomic E-state index is 0. The van der Waals surface area contributed by atoms with Crippen LogP contribution in [-0.4, -0.2) is 38.0 Å². The second kappa shape index (κ2) is 10.2. The van der Waals surface area contributed by atoms with Crippen molar-refractivity contribution in [1.82, 2.24) is 10.2 Å². The highest BCUT2D eigenvalue weighted by molar-refractivity contribution is 14.0. The number of nitrogens with one attached hydrogen (secondary N) is 1. The van der Waals surface area contributed by atoms with Gasteiger partial charge in [0.1, 0.15) is 0 Å². The van der Waals surface area contributed by atoms with Crippen molar-refractivity contribution in [3.63, 3.8) is 0 Å². The molecule has 1 atom stereocenters. The summed E-state index contributed by atoms with van der Waals surface area (Å²) in [5.41, 5.74) is 0. The van der Waals surface area contributed by atoms with Crippen LogP contribution in [0.25, 0.3) is 0 Å². The lowest BCUT2D eigenvalue weighted by Gasteiger charge is -2.23. The maximum absolute atomic E-state index is 4.38. The number of halogens is 1. The minimum atomic E-state index is 0. The van der Waals surface area contributed by atoms with Crippen molar-refractivity contribution >= 4 is 52.6 Å². The molecule has 6 heteroatoms. The van der Waals surface area contributed by atoms with Crippen LogP contribution < -0.4 is 5.32 Å². The van der Waals surface area contributed by atoms with E-state index in [2.05, 4.69) is 64.2 Å². The predicted octanol–water partition coefficient (Wildman–Crippen LogP) is 4.28. The number of thiophene rings is 2. The summed E-state index contributed by atoms with van der Waals surface area (Å²) in [6.07, 6.45) is 1.06. The number of aliphatic imine (C=N–C) groups is 1. The summed E-state index contributed by atoms with van der Waals surface area (Å²) in [7, 11) is 3.94. The van der Waals surface area contributed by atoms with Gasteiger partial charge in [-0.2, -0.15) is 0 Å². The number of hydrogen-bond donors (Lipinski definition) is 1. The summed E-state index contributed by atoms with van der Waals surface area (Å²) in [4.78, 5) is 9.41. The van der Waals surface area contributed by atoms with Crippen molar-refractivity contribution in [2.45, 2.75) is 19.3 Å². The van der Waals surface area contributed by atoms with Gasteiger partial charge >= 0.3 is 0 Å². The van der Waals surface area contributed by atoms with Crippen molar-refractivity contribution in [2.75, 3.05) is 27.2 Å². The molecule has 1 unspecified atom stereocenters. The predicted molar refractivity (Wildman–Crippen MR) is 110 cm³/mol. The number of rotatable bonds is 6. The van der Waals surface area contributed by atoms with E-state index >= 15 is 0 Å². The second-order valence-corrected chi connectivity index (χ2v) is 7.11. The zero-order chi connectivity index (χ0) is 15.1. The summed E-state index contributed by atoms with van der Waals surface area (Å²) in [6, 6.07) is 8.60. The molecular weight excluding hydrogens is 425 g/mol. The number of nitrogens with zero attached hydrogens (tertiary/aromatic N) is 2. The Labute approximate surface area is 158 Å². The molecule has 0 spiro atoms. The SMILES string of the molecule is CN=C(NCC(C)c1cccs1)N(C)CCc1cccs1.I. The topological polar surface area (TPSA) is 27.6 Å². The fraction of sp³-hybridized carbons (Fsp3) is 0.438. The van der Waals surface area contributed by atoms with E-state index in [1.807, 2.05) is 29.7 Å². The van der Waals surface area contributed by atoms with Crippen molar-refractivity contribution < 1.29 is 0 Å². The van der Waals surface area contributed by atoms with Crippen LogP contribution in [0.1, 0.15) is 22.6 Å². The van der Waals surface area contributed by atoms with Crippen LogP contribution in [0.4, 0.5) is 0 Å². The first-order valence-electron chi connectivity index (χ1n) is 7.18. The summed E-state index contributed by atoms with van der Waals surface area (Å²) in [6.45, 7) is 4.14. The fourth-order valence-corrected chi connectivity index (χ4v) is 3.63. The molecule has 0 amide bonds. The lowest BCUT2D eigenvalue weighted by Crippen LogP contribution is -2.41. The van der Waals surface area contributed by atoms with E-state index in [0.717, 1.165) is 25.5 Å². The van der Waals surface area contributed by atoms with Gasteiger partial charge in [-0.3, -0.25) is 4.99 Å². The van der Waals surface area contributed by atoms with Gasteiger partial charge in [0.05, 0.1) is 0 Å². The lowest BCUT2D eigenvalue weighted by molar-refractivity contribution is 0.483. The van der Waals surface area contributed by atoms with Gasteiger partial charge in [0.2, 0.25) is 0 Å². The van der Waals surface area contributed by atoms with Crippen LogP contribution in [0.3, 0.4) is 0 Å². The van der Waals surface area contributed by atoms with Crippen molar-refractivity contribution in [2.24, 2.45) is 4.99 Å². The van der Waals surface area contributed by atoms with Crippen LogP contribution in [0.15, 0.2) is 40.0 Å². The number of likely N-dealkylation sites (N-methyl/N-ethyl adjacent to an activating group) is 1. The Morgan fingerprint density at radius 3 is 2.59 bits per heavy atom. The monoisotopic (exact) mass is 449 g/mol. The highest BCUT2D eigenvalue weighted by Gasteiger charge is 2.10. The molecule has 22 heavy (non-hydrogen) atoms. The van der Waals surface area contributed by atoms with Crippen LogP contribution in [-0.2, 0) is 6.42 Å². The molecule has 3 nitrogen and oxygen atoms in total. The van der Waals surface area contributed by atoms with E-state index in [9.17, 15) is 0 Å². The molecule has 0 fully saturated rings. The third-order valence-corrected chi connectivity index (χ3v) is 5.48. The highest BCUT2D eigenvalue weighted by atomic mass is 127. The van der Waals surface area contributed by atoms with Crippen molar-refractivity contribution in [3.8, 4) is 0 Å². The number of hydrogen-bond acceptors (Lipinski definition) is 3. The Morgan fingerprint density at radius 2 is 2.00 bits per heavy atom. The van der Waals surface area contributed by atoms with E-state index in [1.165, 1.54) is 9.75 Å². The van der Waals surface area contributed by atoms with E-state index in [1.54, 1.807) is 0 Å². The largest absolute Gasteiger partial charge is 0.356 e. The van der Waals surface area contributed by atoms with Crippen molar-refractivity contribution in [3.05, 3.63) is 44.8 Å². The molecule has 2 aromatic heterocycles. The van der Waals surface area contributed by atoms with Gasteiger partial charge in [0.25, 0.3) is 0 Å². The highest BCUT2D eigenvalue weighted by Crippen LogP contribution is 2.19. The summed E-state index contributed by atoms with van der Waals surface area (Å²) in [5.74, 6) is 1.47. The molecule has 0 aromatic carbocycles. The molecule has 0 radical (unpaired) electrons. The van der Waals surface area contributed by atoms with Crippen molar-refractivity contribution in [1.29, 1.82) is 0 Å². The standard InChI is InChI=1S/C16H23N3S2.HI/c1-13(15-7-5-11-21-15)12-18-16(17-2)19(3)9-8-14-6-4-10-20-14;/h4-7,10-11,13H,8-9,12H2,1-3H3,(H,17,18);1H. The molecule has 122 valence electrons. The molecule has 2 rings (SSSR count). The Balaban J connectivity index is 0.00000242. The average molecular weight is 449 g/mol. The summed E-state index contributed by atoms with van der Waals surface area (Å²) in [5, 5.41) is 7.74. The van der Waals surface area contributed by atoms with Gasteiger partial charge in [0.15, 0.2) is 5.96 Å². The quantitative estimate of drug-likeness (QED) is 0.405. The Morgan fingerprint density at radius 1 is 1.27 bits per heavy atom. The molecule has 0 saturated carbocycles. The Bertz CT molecular complexity index is 538.